The molecule has 4 nitrogen and oxygen atoms in total. The van der Waals surface area contributed by atoms with E-state index in [1.54, 1.807) is 0 Å². The standard InChI is InChI=1S/C50H34N4/c1-3-13-34(14-4-1)38-17-11-19-40(31-38)41-28-29-44(51-46(33-41)42-20-12-18-39(32-42)35-15-5-2-6-16-35)36-24-26-37(27-25-36)48-50-49(43-21-7-8-22-45(43)52-48)53-47-23-9-10-30-54(47)50/h1-28,30-33H,29H2. The number of hydrogen-bond acceptors (Lipinski definition) is 3. The molecule has 0 radical (unpaired) electrons. The molecule has 0 amide bonds. The van der Waals surface area contributed by atoms with E-state index in [-0.39, 0.29) is 0 Å². The average molecular weight is 691 g/mol. The summed E-state index contributed by atoms with van der Waals surface area (Å²) in [7, 11) is 0. The molecule has 254 valence electrons. The second-order valence-electron chi connectivity index (χ2n) is 13.6. The molecule has 0 atom stereocenters. The number of imidazole rings is 1. The Morgan fingerprint density at radius 3 is 1.83 bits per heavy atom. The lowest BCUT2D eigenvalue weighted by Crippen LogP contribution is -2.00. The molecular formula is C50H34N4. The third-order valence-corrected chi connectivity index (χ3v) is 10.3. The summed E-state index contributed by atoms with van der Waals surface area (Å²) in [4.78, 5) is 15.7. The van der Waals surface area contributed by atoms with Crippen LogP contribution in [0.1, 0.15) is 23.1 Å². The molecular weight excluding hydrogens is 657 g/mol. The van der Waals surface area contributed by atoms with Crippen molar-refractivity contribution >= 4 is 44.6 Å². The van der Waals surface area contributed by atoms with Gasteiger partial charge in [-0.3, -0.25) is 9.39 Å². The number of pyridine rings is 2. The molecule has 0 unspecified atom stereocenters. The number of para-hydroxylation sites is 1. The molecule has 10 rings (SSSR count). The summed E-state index contributed by atoms with van der Waals surface area (Å²) in [6, 6.07) is 61.7. The Morgan fingerprint density at radius 1 is 0.463 bits per heavy atom. The molecule has 0 spiro atoms. The van der Waals surface area contributed by atoms with Crippen LogP contribution in [0.4, 0.5) is 0 Å². The minimum Gasteiger partial charge on any atom is -0.298 e. The summed E-state index contributed by atoms with van der Waals surface area (Å²) in [5.41, 5.74) is 16.9. The lowest BCUT2D eigenvalue weighted by atomic mass is 9.96. The summed E-state index contributed by atoms with van der Waals surface area (Å²) in [5, 5.41) is 1.05. The van der Waals surface area contributed by atoms with Gasteiger partial charge in [0, 0.05) is 29.1 Å². The van der Waals surface area contributed by atoms with Crippen molar-refractivity contribution in [2.75, 3.05) is 0 Å². The number of rotatable bonds is 6. The number of nitrogens with zero attached hydrogens (tertiary/aromatic N) is 4. The van der Waals surface area contributed by atoms with E-state index in [0.29, 0.717) is 6.42 Å². The second-order valence-corrected chi connectivity index (χ2v) is 13.6. The first-order valence-corrected chi connectivity index (χ1v) is 18.3. The predicted molar refractivity (Wildman–Crippen MR) is 224 cm³/mol. The van der Waals surface area contributed by atoms with Crippen molar-refractivity contribution in [3.63, 3.8) is 0 Å². The van der Waals surface area contributed by atoms with Crippen LogP contribution in [0.3, 0.4) is 0 Å². The molecule has 1 aliphatic heterocycles. The Labute approximate surface area is 313 Å². The molecule has 9 aromatic rings. The zero-order valence-corrected chi connectivity index (χ0v) is 29.5. The summed E-state index contributed by atoms with van der Waals surface area (Å²) in [5.74, 6) is 0. The number of aliphatic imine (C=N–C) groups is 1. The van der Waals surface area contributed by atoms with Crippen LogP contribution in [-0.2, 0) is 0 Å². The highest BCUT2D eigenvalue weighted by Gasteiger charge is 2.18. The average Bonchev–Trinajstić information content (AvgIpc) is 3.50. The highest BCUT2D eigenvalue weighted by molar-refractivity contribution is 6.10. The topological polar surface area (TPSA) is 42.5 Å². The quantitative estimate of drug-likeness (QED) is 0.174. The van der Waals surface area contributed by atoms with Crippen LogP contribution in [0.25, 0.3) is 72.4 Å². The Kier molecular flexibility index (Phi) is 7.85. The summed E-state index contributed by atoms with van der Waals surface area (Å²) < 4.78 is 2.15. The predicted octanol–water partition coefficient (Wildman–Crippen LogP) is 12.4. The van der Waals surface area contributed by atoms with Gasteiger partial charge in [-0.05, 0) is 75.4 Å². The van der Waals surface area contributed by atoms with Crippen LogP contribution < -0.4 is 0 Å². The zero-order valence-electron chi connectivity index (χ0n) is 29.5. The van der Waals surface area contributed by atoms with E-state index in [0.717, 1.165) is 72.5 Å². The van der Waals surface area contributed by atoms with Crippen LogP contribution >= 0.6 is 0 Å². The fraction of sp³-hybridized carbons (Fsp3) is 0.0200. The van der Waals surface area contributed by atoms with Crippen molar-refractivity contribution in [1.82, 2.24) is 14.4 Å². The van der Waals surface area contributed by atoms with E-state index in [1.165, 1.54) is 22.3 Å². The molecule has 0 saturated carbocycles. The van der Waals surface area contributed by atoms with E-state index in [4.69, 9.17) is 15.0 Å². The molecule has 1 aliphatic rings. The van der Waals surface area contributed by atoms with Crippen LogP contribution in [-0.4, -0.2) is 20.1 Å². The first-order valence-electron chi connectivity index (χ1n) is 18.3. The Balaban J connectivity index is 1.08. The van der Waals surface area contributed by atoms with Crippen molar-refractivity contribution < 1.29 is 0 Å². The summed E-state index contributed by atoms with van der Waals surface area (Å²) in [6.07, 6.45) is 7.32. The van der Waals surface area contributed by atoms with Gasteiger partial charge in [0.25, 0.3) is 0 Å². The van der Waals surface area contributed by atoms with Gasteiger partial charge in [-0.2, -0.15) is 0 Å². The highest BCUT2D eigenvalue weighted by Crippen LogP contribution is 2.35. The third kappa shape index (κ3) is 5.80. The number of allylic oxidation sites excluding steroid dienone is 3. The minimum atomic E-state index is 0.689. The fourth-order valence-corrected chi connectivity index (χ4v) is 7.54. The maximum absolute atomic E-state index is 5.43. The fourth-order valence-electron chi connectivity index (χ4n) is 7.54. The molecule has 0 bridgehead atoms. The van der Waals surface area contributed by atoms with E-state index in [2.05, 4.69) is 174 Å². The first-order chi connectivity index (χ1) is 26.7. The van der Waals surface area contributed by atoms with Gasteiger partial charge >= 0.3 is 0 Å². The maximum atomic E-state index is 5.43. The van der Waals surface area contributed by atoms with E-state index >= 15 is 0 Å². The number of benzene rings is 6. The Bertz CT molecular complexity index is 2930. The largest absolute Gasteiger partial charge is 0.298 e. The third-order valence-electron chi connectivity index (χ3n) is 10.3. The molecule has 0 N–H and O–H groups in total. The van der Waals surface area contributed by atoms with Crippen molar-refractivity contribution in [2.24, 2.45) is 4.99 Å². The van der Waals surface area contributed by atoms with Gasteiger partial charge in [0.05, 0.1) is 28.1 Å². The number of hydrogen-bond donors (Lipinski definition) is 0. The maximum Gasteiger partial charge on any atom is 0.137 e. The zero-order chi connectivity index (χ0) is 35.8. The molecule has 6 aromatic carbocycles. The lowest BCUT2D eigenvalue weighted by Gasteiger charge is -2.10. The minimum absolute atomic E-state index is 0.689. The molecule has 54 heavy (non-hydrogen) atoms. The van der Waals surface area contributed by atoms with E-state index in [1.807, 2.05) is 24.3 Å². The SMILES string of the molecule is C1=C(c2cccc(-c3ccccc3)c2)C=C(c2cccc(-c3ccccc3)c2)N=C(c2ccc(-c3nc4ccccc4c4nc5ccccn5c34)cc2)C1. The van der Waals surface area contributed by atoms with E-state index < -0.39 is 0 Å². The molecule has 0 fully saturated rings. The Hall–Kier alpha value is -7.17. The highest BCUT2D eigenvalue weighted by atomic mass is 15.0. The molecule has 4 heterocycles. The van der Waals surface area contributed by atoms with Gasteiger partial charge < -0.3 is 0 Å². The molecule has 0 aliphatic carbocycles. The van der Waals surface area contributed by atoms with Gasteiger partial charge in [0.1, 0.15) is 11.2 Å². The summed E-state index contributed by atoms with van der Waals surface area (Å²) >= 11 is 0. The Morgan fingerprint density at radius 2 is 1.07 bits per heavy atom. The van der Waals surface area contributed by atoms with Gasteiger partial charge in [0.15, 0.2) is 0 Å². The van der Waals surface area contributed by atoms with Crippen molar-refractivity contribution in [3.05, 3.63) is 211 Å². The smallest absolute Gasteiger partial charge is 0.137 e. The van der Waals surface area contributed by atoms with Crippen molar-refractivity contribution in [2.45, 2.75) is 6.42 Å². The van der Waals surface area contributed by atoms with Crippen LogP contribution in [0, 0.1) is 0 Å². The normalized spacial score (nSPS) is 13.1. The lowest BCUT2D eigenvalue weighted by molar-refractivity contribution is 1.22. The molecule has 0 saturated heterocycles. The van der Waals surface area contributed by atoms with Gasteiger partial charge in [-0.15, -0.1) is 0 Å². The molecule has 4 heteroatoms. The van der Waals surface area contributed by atoms with Crippen LogP contribution in [0.2, 0.25) is 0 Å². The van der Waals surface area contributed by atoms with E-state index in [9.17, 15) is 0 Å². The van der Waals surface area contributed by atoms with Crippen LogP contribution in [0.15, 0.2) is 199 Å². The summed E-state index contributed by atoms with van der Waals surface area (Å²) in [6.45, 7) is 0. The molecule has 3 aromatic heterocycles. The van der Waals surface area contributed by atoms with Crippen LogP contribution in [0.5, 0.6) is 0 Å². The number of aromatic nitrogens is 3. The van der Waals surface area contributed by atoms with Crippen molar-refractivity contribution in [1.29, 1.82) is 0 Å². The van der Waals surface area contributed by atoms with Crippen molar-refractivity contribution in [3.8, 4) is 33.5 Å². The van der Waals surface area contributed by atoms with Gasteiger partial charge in [-0.1, -0.05) is 152 Å². The first kappa shape index (κ1) is 31.6. The number of fused-ring (bicyclic) bond motifs is 5. The second kappa shape index (κ2) is 13.4. The van der Waals surface area contributed by atoms with Gasteiger partial charge in [0.2, 0.25) is 0 Å². The van der Waals surface area contributed by atoms with Gasteiger partial charge in [-0.25, -0.2) is 9.97 Å². The monoisotopic (exact) mass is 690 g/mol.